The molecule has 5 nitrogen and oxygen atoms in total. The van der Waals surface area contributed by atoms with Gasteiger partial charge in [0, 0.05) is 26.2 Å². The van der Waals surface area contributed by atoms with Gasteiger partial charge in [-0.3, -0.25) is 9.79 Å². The molecule has 0 heterocycles. The zero-order chi connectivity index (χ0) is 14.3. The lowest BCUT2D eigenvalue weighted by molar-refractivity contribution is -0.128. The zero-order valence-corrected chi connectivity index (χ0v) is 12.7. The van der Waals surface area contributed by atoms with Gasteiger partial charge in [-0.25, -0.2) is 0 Å². The number of nitrogens with zero attached hydrogens (tertiary/aromatic N) is 1. The Hall–Kier alpha value is -1.26. The highest BCUT2D eigenvalue weighted by molar-refractivity contribution is 5.84. The quantitative estimate of drug-likeness (QED) is 0.519. The van der Waals surface area contributed by atoms with E-state index in [1.165, 1.54) is 25.7 Å². The SMILES string of the molecule is CCNC(=O)C(C)(C)CNC(=NC)NC1CCCC1. The first kappa shape index (κ1) is 15.8. The smallest absolute Gasteiger partial charge is 0.227 e. The predicted octanol–water partition coefficient (Wildman–Crippen LogP) is 1.26. The van der Waals surface area contributed by atoms with Crippen molar-refractivity contribution in [2.75, 3.05) is 20.1 Å². The molecule has 0 aliphatic heterocycles. The second-order valence-electron chi connectivity index (χ2n) is 5.79. The minimum absolute atomic E-state index is 0.0684. The third-order valence-electron chi connectivity index (χ3n) is 3.57. The normalized spacial score (nSPS) is 17.4. The van der Waals surface area contributed by atoms with E-state index in [2.05, 4.69) is 20.9 Å². The van der Waals surface area contributed by atoms with Crippen molar-refractivity contribution in [2.45, 2.75) is 52.5 Å². The largest absolute Gasteiger partial charge is 0.356 e. The van der Waals surface area contributed by atoms with Crippen molar-refractivity contribution in [3.8, 4) is 0 Å². The zero-order valence-electron chi connectivity index (χ0n) is 12.7. The average molecular weight is 268 g/mol. The van der Waals surface area contributed by atoms with Gasteiger partial charge in [0.05, 0.1) is 5.41 Å². The first-order chi connectivity index (χ1) is 8.99. The molecule has 0 radical (unpaired) electrons. The molecule has 5 heteroatoms. The Labute approximate surface area is 116 Å². The maximum absolute atomic E-state index is 11.9. The standard InChI is InChI=1S/C14H28N4O/c1-5-16-12(19)14(2,3)10-17-13(15-4)18-11-8-6-7-9-11/h11H,5-10H2,1-4H3,(H,16,19)(H2,15,17,18). The van der Waals surface area contributed by atoms with Gasteiger partial charge in [0.15, 0.2) is 5.96 Å². The molecule has 3 N–H and O–H groups in total. The van der Waals surface area contributed by atoms with Gasteiger partial charge in [-0.05, 0) is 33.6 Å². The monoisotopic (exact) mass is 268 g/mol. The van der Waals surface area contributed by atoms with Crippen molar-refractivity contribution in [2.24, 2.45) is 10.4 Å². The van der Waals surface area contributed by atoms with Crippen LogP contribution in [-0.4, -0.2) is 38.0 Å². The molecule has 0 spiro atoms. The number of rotatable bonds is 5. The van der Waals surface area contributed by atoms with Crippen LogP contribution in [0.4, 0.5) is 0 Å². The van der Waals surface area contributed by atoms with E-state index in [9.17, 15) is 4.79 Å². The highest BCUT2D eigenvalue weighted by Gasteiger charge is 2.27. The molecule has 0 bridgehead atoms. The van der Waals surface area contributed by atoms with Crippen molar-refractivity contribution >= 4 is 11.9 Å². The first-order valence-electron chi connectivity index (χ1n) is 7.25. The third kappa shape index (κ3) is 5.09. The maximum Gasteiger partial charge on any atom is 0.227 e. The molecule has 1 saturated carbocycles. The fourth-order valence-electron chi connectivity index (χ4n) is 2.24. The maximum atomic E-state index is 11.9. The first-order valence-corrected chi connectivity index (χ1v) is 7.25. The summed E-state index contributed by atoms with van der Waals surface area (Å²) >= 11 is 0. The average Bonchev–Trinajstić information content (AvgIpc) is 2.87. The Bertz CT molecular complexity index is 319. The van der Waals surface area contributed by atoms with Gasteiger partial charge in [0.2, 0.25) is 5.91 Å². The lowest BCUT2D eigenvalue weighted by Gasteiger charge is -2.25. The molecule has 1 aliphatic carbocycles. The summed E-state index contributed by atoms with van der Waals surface area (Å²) in [5.41, 5.74) is -0.441. The van der Waals surface area contributed by atoms with Crippen LogP contribution in [0.3, 0.4) is 0 Å². The number of carbonyl (C=O) groups is 1. The molecule has 0 aromatic rings. The van der Waals surface area contributed by atoms with Crippen molar-refractivity contribution in [3.05, 3.63) is 0 Å². The van der Waals surface area contributed by atoms with E-state index in [1.807, 2.05) is 20.8 Å². The van der Waals surface area contributed by atoms with Crippen molar-refractivity contribution < 1.29 is 4.79 Å². The van der Waals surface area contributed by atoms with Crippen LogP contribution in [0.15, 0.2) is 4.99 Å². The van der Waals surface area contributed by atoms with E-state index in [1.54, 1.807) is 7.05 Å². The van der Waals surface area contributed by atoms with Gasteiger partial charge < -0.3 is 16.0 Å². The Kier molecular flexibility index (Phi) is 6.12. The van der Waals surface area contributed by atoms with Crippen LogP contribution in [0, 0.1) is 5.41 Å². The van der Waals surface area contributed by atoms with Gasteiger partial charge in [-0.2, -0.15) is 0 Å². The predicted molar refractivity (Wildman–Crippen MR) is 79.2 cm³/mol. The molecule has 0 saturated heterocycles. The van der Waals surface area contributed by atoms with Gasteiger partial charge in [0.25, 0.3) is 0 Å². The van der Waals surface area contributed by atoms with Crippen LogP contribution in [0.2, 0.25) is 0 Å². The van der Waals surface area contributed by atoms with E-state index < -0.39 is 5.41 Å². The van der Waals surface area contributed by atoms with Gasteiger partial charge in [-0.15, -0.1) is 0 Å². The fraction of sp³-hybridized carbons (Fsp3) is 0.857. The van der Waals surface area contributed by atoms with E-state index in [0.717, 1.165) is 5.96 Å². The molecule has 0 atom stereocenters. The summed E-state index contributed by atoms with van der Waals surface area (Å²) < 4.78 is 0. The molecule has 1 aliphatic rings. The highest BCUT2D eigenvalue weighted by Crippen LogP contribution is 2.17. The molecule has 0 aromatic carbocycles. The van der Waals surface area contributed by atoms with E-state index in [-0.39, 0.29) is 5.91 Å². The highest BCUT2D eigenvalue weighted by atomic mass is 16.2. The second kappa shape index (κ2) is 7.36. The van der Waals surface area contributed by atoms with Gasteiger partial charge in [0.1, 0.15) is 0 Å². The molecule has 1 rings (SSSR count). The van der Waals surface area contributed by atoms with Crippen molar-refractivity contribution in [1.82, 2.24) is 16.0 Å². The van der Waals surface area contributed by atoms with E-state index >= 15 is 0 Å². The van der Waals surface area contributed by atoms with Crippen LogP contribution in [0.25, 0.3) is 0 Å². The van der Waals surface area contributed by atoms with Crippen LogP contribution < -0.4 is 16.0 Å². The number of nitrogens with one attached hydrogen (secondary N) is 3. The summed E-state index contributed by atoms with van der Waals surface area (Å²) in [6, 6.07) is 0.527. The van der Waals surface area contributed by atoms with Crippen LogP contribution in [0.5, 0.6) is 0 Å². The van der Waals surface area contributed by atoms with Crippen LogP contribution in [-0.2, 0) is 4.79 Å². The lowest BCUT2D eigenvalue weighted by atomic mass is 9.92. The number of carbonyl (C=O) groups excluding carboxylic acids is 1. The summed E-state index contributed by atoms with van der Waals surface area (Å²) in [5, 5.41) is 9.53. The Morgan fingerprint density at radius 1 is 1.26 bits per heavy atom. The van der Waals surface area contributed by atoms with Gasteiger partial charge in [-0.1, -0.05) is 12.8 Å². The Morgan fingerprint density at radius 2 is 1.89 bits per heavy atom. The second-order valence-corrected chi connectivity index (χ2v) is 5.79. The number of amides is 1. The van der Waals surface area contributed by atoms with Gasteiger partial charge >= 0.3 is 0 Å². The molecule has 1 fully saturated rings. The van der Waals surface area contributed by atoms with Crippen molar-refractivity contribution in [3.63, 3.8) is 0 Å². The molecule has 0 aromatic heterocycles. The fourth-order valence-corrected chi connectivity index (χ4v) is 2.24. The van der Waals surface area contributed by atoms with Crippen molar-refractivity contribution in [1.29, 1.82) is 0 Å². The number of hydrogen-bond donors (Lipinski definition) is 3. The summed E-state index contributed by atoms with van der Waals surface area (Å²) in [6.45, 7) is 7.05. The number of guanidine groups is 1. The minimum Gasteiger partial charge on any atom is -0.356 e. The topological polar surface area (TPSA) is 65.5 Å². The Morgan fingerprint density at radius 3 is 2.42 bits per heavy atom. The molecular formula is C14H28N4O. The van der Waals surface area contributed by atoms with Crippen LogP contribution >= 0.6 is 0 Å². The summed E-state index contributed by atoms with van der Waals surface area (Å²) in [5.74, 6) is 0.864. The molecule has 0 unspecified atom stereocenters. The molecular weight excluding hydrogens is 240 g/mol. The summed E-state index contributed by atoms with van der Waals surface area (Å²) in [6.07, 6.45) is 5.00. The molecule has 19 heavy (non-hydrogen) atoms. The number of aliphatic imine (C=N–C) groups is 1. The minimum atomic E-state index is -0.441. The Balaban J connectivity index is 2.41. The van der Waals surface area contributed by atoms with Crippen LogP contribution in [0.1, 0.15) is 46.5 Å². The molecule has 110 valence electrons. The van der Waals surface area contributed by atoms with E-state index in [0.29, 0.717) is 19.1 Å². The summed E-state index contributed by atoms with van der Waals surface area (Å²) in [4.78, 5) is 16.1. The summed E-state index contributed by atoms with van der Waals surface area (Å²) in [7, 11) is 1.77. The lowest BCUT2D eigenvalue weighted by Crippen LogP contribution is -2.49. The number of hydrogen-bond acceptors (Lipinski definition) is 2. The van der Waals surface area contributed by atoms with E-state index in [4.69, 9.17) is 0 Å². The third-order valence-corrected chi connectivity index (χ3v) is 3.57. The molecule has 1 amide bonds.